The van der Waals surface area contributed by atoms with Gasteiger partial charge in [0, 0.05) is 11.6 Å². The van der Waals surface area contributed by atoms with Crippen molar-refractivity contribution in [3.8, 4) is 0 Å². The summed E-state index contributed by atoms with van der Waals surface area (Å²) in [5.74, 6) is 0. The minimum atomic E-state index is -0.314. The van der Waals surface area contributed by atoms with Crippen LogP contribution < -0.4 is 0 Å². The van der Waals surface area contributed by atoms with E-state index in [-0.39, 0.29) is 5.54 Å². The lowest BCUT2D eigenvalue weighted by atomic mass is 9.72. The Hall–Kier alpha value is -1.99. The highest BCUT2D eigenvalue weighted by Crippen LogP contribution is 2.45. The summed E-state index contributed by atoms with van der Waals surface area (Å²) in [6.45, 7) is 0. The summed E-state index contributed by atoms with van der Waals surface area (Å²) in [4.78, 5) is 18.8. The van der Waals surface area contributed by atoms with E-state index in [0.717, 1.165) is 35.7 Å². The number of rotatable bonds is 2. The Morgan fingerprint density at radius 2 is 2.18 bits per heavy atom. The van der Waals surface area contributed by atoms with Crippen LogP contribution in [-0.4, -0.2) is 11.1 Å². The van der Waals surface area contributed by atoms with Crippen LogP contribution in [0.2, 0.25) is 0 Å². The van der Waals surface area contributed by atoms with Gasteiger partial charge in [-0.1, -0.05) is 12.1 Å². The summed E-state index contributed by atoms with van der Waals surface area (Å²) < 4.78 is 0. The largest absolute Gasteiger partial charge is 0.256 e. The molecular formula is C14H12N2O. The highest BCUT2D eigenvalue weighted by molar-refractivity contribution is 5.79. The SMILES string of the molecule is O=C=NC1(c2ccc3ncccc3c2)CCC1. The number of aliphatic imine (C=N–C) groups is 1. The van der Waals surface area contributed by atoms with Gasteiger partial charge in [-0.3, -0.25) is 4.98 Å². The van der Waals surface area contributed by atoms with E-state index < -0.39 is 0 Å². The maximum Gasteiger partial charge on any atom is 0.235 e. The van der Waals surface area contributed by atoms with Gasteiger partial charge >= 0.3 is 0 Å². The number of benzene rings is 1. The smallest absolute Gasteiger partial charge is 0.235 e. The third kappa shape index (κ3) is 1.56. The van der Waals surface area contributed by atoms with Gasteiger partial charge in [0.15, 0.2) is 0 Å². The number of carbonyl (C=O) groups excluding carboxylic acids is 1. The van der Waals surface area contributed by atoms with Crippen LogP contribution in [0.4, 0.5) is 0 Å². The molecule has 17 heavy (non-hydrogen) atoms. The van der Waals surface area contributed by atoms with Crippen LogP contribution in [0.25, 0.3) is 10.9 Å². The summed E-state index contributed by atoms with van der Waals surface area (Å²) in [6, 6.07) is 10.0. The second-order valence-corrected chi connectivity index (χ2v) is 4.50. The highest BCUT2D eigenvalue weighted by atomic mass is 16.1. The van der Waals surface area contributed by atoms with Gasteiger partial charge in [-0.2, -0.15) is 4.99 Å². The molecule has 0 radical (unpaired) electrons. The Labute approximate surface area is 99.2 Å². The summed E-state index contributed by atoms with van der Waals surface area (Å²) >= 11 is 0. The van der Waals surface area contributed by atoms with Crippen molar-refractivity contribution in [3.05, 3.63) is 42.1 Å². The molecule has 0 unspecified atom stereocenters. The van der Waals surface area contributed by atoms with Crippen molar-refractivity contribution >= 4 is 17.0 Å². The normalized spacial score (nSPS) is 17.2. The first kappa shape index (κ1) is 10.2. The molecule has 0 N–H and O–H groups in total. The average molecular weight is 224 g/mol. The number of hydrogen-bond acceptors (Lipinski definition) is 3. The van der Waals surface area contributed by atoms with Gasteiger partial charge in [0.25, 0.3) is 0 Å². The van der Waals surface area contributed by atoms with Crippen LogP contribution in [0, 0.1) is 0 Å². The second-order valence-electron chi connectivity index (χ2n) is 4.50. The van der Waals surface area contributed by atoms with Crippen molar-refractivity contribution in [2.24, 2.45) is 4.99 Å². The van der Waals surface area contributed by atoms with Crippen LogP contribution in [0.5, 0.6) is 0 Å². The van der Waals surface area contributed by atoms with E-state index in [2.05, 4.69) is 16.0 Å². The summed E-state index contributed by atoms with van der Waals surface area (Å²) in [6.07, 6.45) is 6.50. The number of isocyanates is 1. The minimum Gasteiger partial charge on any atom is -0.256 e. The molecule has 0 atom stereocenters. The first-order chi connectivity index (χ1) is 8.34. The summed E-state index contributed by atoms with van der Waals surface area (Å²) in [5.41, 5.74) is 1.76. The highest BCUT2D eigenvalue weighted by Gasteiger charge is 2.38. The third-order valence-electron chi connectivity index (χ3n) is 3.58. The van der Waals surface area contributed by atoms with Crippen LogP contribution in [0.1, 0.15) is 24.8 Å². The molecular weight excluding hydrogens is 212 g/mol. The van der Waals surface area contributed by atoms with Gasteiger partial charge in [-0.25, -0.2) is 4.79 Å². The van der Waals surface area contributed by atoms with Crippen LogP contribution in [0.15, 0.2) is 41.5 Å². The van der Waals surface area contributed by atoms with Gasteiger partial charge in [0.05, 0.1) is 11.1 Å². The fourth-order valence-electron chi connectivity index (χ4n) is 2.43. The third-order valence-corrected chi connectivity index (χ3v) is 3.58. The zero-order valence-electron chi connectivity index (χ0n) is 9.39. The van der Waals surface area contributed by atoms with Crippen molar-refractivity contribution in [1.82, 2.24) is 4.98 Å². The number of nitrogens with zero attached hydrogens (tertiary/aromatic N) is 2. The molecule has 1 aromatic heterocycles. The van der Waals surface area contributed by atoms with E-state index in [1.807, 2.05) is 24.3 Å². The number of hydrogen-bond donors (Lipinski definition) is 0. The van der Waals surface area contributed by atoms with Crippen LogP contribution in [0.3, 0.4) is 0 Å². The van der Waals surface area contributed by atoms with E-state index in [1.165, 1.54) is 0 Å². The predicted molar refractivity (Wildman–Crippen MR) is 65.4 cm³/mol. The van der Waals surface area contributed by atoms with Gasteiger partial charge in [0.1, 0.15) is 0 Å². The molecule has 3 rings (SSSR count). The minimum absolute atomic E-state index is 0.314. The van der Waals surface area contributed by atoms with Crippen molar-refractivity contribution in [3.63, 3.8) is 0 Å². The molecule has 1 aliphatic rings. The number of pyridine rings is 1. The van der Waals surface area contributed by atoms with E-state index in [9.17, 15) is 4.79 Å². The van der Waals surface area contributed by atoms with Gasteiger partial charge in [-0.05, 0) is 43.0 Å². The van der Waals surface area contributed by atoms with Gasteiger partial charge in [-0.15, -0.1) is 0 Å². The summed E-state index contributed by atoms with van der Waals surface area (Å²) in [5, 5.41) is 1.09. The van der Waals surface area contributed by atoms with Crippen molar-refractivity contribution in [2.75, 3.05) is 0 Å². The zero-order valence-corrected chi connectivity index (χ0v) is 9.39. The molecule has 1 saturated carbocycles. The first-order valence-electron chi connectivity index (χ1n) is 5.78. The summed E-state index contributed by atoms with van der Waals surface area (Å²) in [7, 11) is 0. The Bertz CT molecular complexity index is 610. The monoisotopic (exact) mass is 224 g/mol. The van der Waals surface area contributed by atoms with Crippen molar-refractivity contribution in [1.29, 1.82) is 0 Å². The lowest BCUT2D eigenvalue weighted by Crippen LogP contribution is -2.31. The van der Waals surface area contributed by atoms with Gasteiger partial charge in [0.2, 0.25) is 6.08 Å². The van der Waals surface area contributed by atoms with Gasteiger partial charge < -0.3 is 0 Å². The zero-order chi connectivity index (χ0) is 11.7. The topological polar surface area (TPSA) is 42.3 Å². The average Bonchev–Trinajstić information content (AvgIpc) is 2.33. The Morgan fingerprint density at radius 3 is 2.88 bits per heavy atom. The van der Waals surface area contributed by atoms with E-state index in [0.29, 0.717) is 0 Å². The van der Waals surface area contributed by atoms with E-state index >= 15 is 0 Å². The lowest BCUT2D eigenvalue weighted by Gasteiger charge is -2.37. The van der Waals surface area contributed by atoms with Crippen molar-refractivity contribution < 1.29 is 4.79 Å². The van der Waals surface area contributed by atoms with Crippen LogP contribution in [-0.2, 0) is 10.3 Å². The maximum absolute atomic E-state index is 10.5. The molecule has 1 aromatic carbocycles. The predicted octanol–water partition coefficient (Wildman–Crippen LogP) is 2.95. The molecule has 0 bridgehead atoms. The van der Waals surface area contributed by atoms with Crippen LogP contribution >= 0.6 is 0 Å². The number of aromatic nitrogens is 1. The molecule has 0 saturated heterocycles. The lowest BCUT2D eigenvalue weighted by molar-refractivity contribution is 0.256. The molecule has 1 fully saturated rings. The van der Waals surface area contributed by atoms with Crippen molar-refractivity contribution in [2.45, 2.75) is 24.8 Å². The molecule has 3 nitrogen and oxygen atoms in total. The Balaban J connectivity index is 2.14. The molecule has 0 amide bonds. The molecule has 0 aliphatic heterocycles. The van der Waals surface area contributed by atoms with E-state index in [4.69, 9.17) is 0 Å². The molecule has 3 heteroatoms. The Morgan fingerprint density at radius 1 is 1.29 bits per heavy atom. The first-order valence-corrected chi connectivity index (χ1v) is 5.78. The molecule has 1 aliphatic carbocycles. The fourth-order valence-corrected chi connectivity index (χ4v) is 2.43. The number of fused-ring (bicyclic) bond motifs is 1. The van der Waals surface area contributed by atoms with E-state index in [1.54, 1.807) is 12.3 Å². The molecule has 0 spiro atoms. The molecule has 84 valence electrons. The molecule has 2 aromatic rings. The maximum atomic E-state index is 10.5. The molecule has 1 heterocycles. The quantitative estimate of drug-likeness (QED) is 0.581. The second kappa shape index (κ2) is 3.79. The standard InChI is InChI=1S/C14H12N2O/c17-10-16-14(6-2-7-14)12-4-5-13-11(9-12)3-1-8-15-13/h1,3-5,8-9H,2,6-7H2. The fraction of sp³-hybridized carbons (Fsp3) is 0.286. The Kier molecular flexibility index (Phi) is 2.27.